The molecule has 1 saturated carbocycles. The van der Waals surface area contributed by atoms with Gasteiger partial charge in [0.25, 0.3) is 0 Å². The van der Waals surface area contributed by atoms with Gasteiger partial charge in [0.05, 0.1) is 12.6 Å². The number of carbonyl (C=O) groups is 1. The van der Waals surface area contributed by atoms with E-state index >= 15 is 0 Å². The van der Waals surface area contributed by atoms with Crippen LogP contribution in [-0.4, -0.2) is 24.3 Å². The fraction of sp³-hybridized carbons (Fsp3) is 0.316. The van der Waals surface area contributed by atoms with Gasteiger partial charge in [0, 0.05) is 6.54 Å². The quantitative estimate of drug-likeness (QED) is 0.768. The fourth-order valence-corrected chi connectivity index (χ4v) is 2.93. The second kappa shape index (κ2) is 7.29. The van der Waals surface area contributed by atoms with Crippen LogP contribution in [0.1, 0.15) is 29.5 Å². The average molecular weight is 310 g/mol. The van der Waals surface area contributed by atoms with Crippen molar-refractivity contribution in [1.29, 1.82) is 0 Å². The first kappa shape index (κ1) is 15.6. The predicted octanol–water partition coefficient (Wildman–Crippen LogP) is 2.82. The molecule has 2 amide bonds. The number of rotatable bonds is 6. The molecule has 3 atom stereocenters. The van der Waals surface area contributed by atoms with E-state index in [1.165, 1.54) is 5.56 Å². The van der Waals surface area contributed by atoms with E-state index in [2.05, 4.69) is 34.9 Å². The van der Waals surface area contributed by atoms with E-state index in [-0.39, 0.29) is 18.7 Å². The molecule has 23 heavy (non-hydrogen) atoms. The van der Waals surface area contributed by atoms with Crippen molar-refractivity contribution in [3.63, 3.8) is 0 Å². The van der Waals surface area contributed by atoms with Gasteiger partial charge in [-0.2, -0.15) is 0 Å². The summed E-state index contributed by atoms with van der Waals surface area (Å²) in [6, 6.07) is 19.3. The number of aliphatic hydroxyl groups is 1. The number of hydrogen-bond donors (Lipinski definition) is 3. The lowest BCUT2D eigenvalue weighted by atomic mass is 10.1. The molecule has 0 aromatic heterocycles. The molecule has 0 spiro atoms. The van der Waals surface area contributed by atoms with E-state index in [0.29, 0.717) is 18.4 Å². The average Bonchev–Trinajstić information content (AvgIpc) is 3.39. The third-order valence-electron chi connectivity index (χ3n) is 4.36. The summed E-state index contributed by atoms with van der Waals surface area (Å²) in [5, 5.41) is 15.2. The molecule has 0 heterocycles. The largest absolute Gasteiger partial charge is 0.394 e. The van der Waals surface area contributed by atoms with Crippen molar-refractivity contribution >= 4 is 6.03 Å². The lowest BCUT2D eigenvalue weighted by molar-refractivity contribution is 0.216. The smallest absolute Gasteiger partial charge is 0.315 e. The number of amides is 2. The van der Waals surface area contributed by atoms with Crippen molar-refractivity contribution in [2.24, 2.45) is 5.92 Å². The summed E-state index contributed by atoms with van der Waals surface area (Å²) in [5.41, 5.74) is 2.25. The number of carbonyl (C=O) groups excluding carboxylic acids is 1. The molecule has 4 nitrogen and oxygen atoms in total. The standard InChI is InChI=1S/C19H22N2O2/c22-13-18(15-9-5-2-6-10-15)21-19(23)20-12-16-11-17(16)14-7-3-1-4-8-14/h1-10,16-18,22H,11-13H2,(H2,20,21,23)/t16-,17+,18-/m1/s1. The molecule has 0 saturated heterocycles. The summed E-state index contributed by atoms with van der Waals surface area (Å²) < 4.78 is 0. The van der Waals surface area contributed by atoms with Gasteiger partial charge in [0.2, 0.25) is 0 Å². The highest BCUT2D eigenvalue weighted by molar-refractivity contribution is 5.74. The van der Waals surface area contributed by atoms with E-state index in [4.69, 9.17) is 0 Å². The first-order chi connectivity index (χ1) is 11.3. The Morgan fingerprint density at radius 1 is 1.09 bits per heavy atom. The van der Waals surface area contributed by atoms with Crippen LogP contribution in [0, 0.1) is 5.92 Å². The molecule has 3 rings (SSSR count). The molecule has 120 valence electrons. The monoisotopic (exact) mass is 310 g/mol. The summed E-state index contributed by atoms with van der Waals surface area (Å²) in [5.74, 6) is 1.06. The molecule has 1 fully saturated rings. The van der Waals surface area contributed by atoms with Gasteiger partial charge in [0.1, 0.15) is 0 Å². The van der Waals surface area contributed by atoms with Crippen LogP contribution in [0.3, 0.4) is 0 Å². The molecule has 4 heteroatoms. The second-order valence-electron chi connectivity index (χ2n) is 6.01. The fourth-order valence-electron chi connectivity index (χ4n) is 2.93. The number of aliphatic hydroxyl groups excluding tert-OH is 1. The van der Waals surface area contributed by atoms with E-state index in [9.17, 15) is 9.90 Å². The Kier molecular flexibility index (Phi) is 4.93. The minimum Gasteiger partial charge on any atom is -0.394 e. The zero-order valence-electron chi connectivity index (χ0n) is 13.0. The van der Waals surface area contributed by atoms with Crippen molar-refractivity contribution < 1.29 is 9.90 Å². The van der Waals surface area contributed by atoms with Crippen molar-refractivity contribution in [3.05, 3.63) is 71.8 Å². The molecule has 0 radical (unpaired) electrons. The Morgan fingerprint density at radius 2 is 1.74 bits per heavy atom. The van der Waals surface area contributed by atoms with Crippen LogP contribution in [0.4, 0.5) is 4.79 Å². The topological polar surface area (TPSA) is 61.4 Å². The van der Waals surface area contributed by atoms with E-state index in [1.807, 2.05) is 36.4 Å². The minimum absolute atomic E-state index is 0.118. The Hall–Kier alpha value is -2.33. The summed E-state index contributed by atoms with van der Waals surface area (Å²) in [6.45, 7) is 0.547. The van der Waals surface area contributed by atoms with Gasteiger partial charge in [-0.15, -0.1) is 0 Å². The SMILES string of the molecule is O=C(NC[C@H]1C[C@H]1c1ccccc1)N[C@H](CO)c1ccccc1. The van der Waals surface area contributed by atoms with E-state index in [0.717, 1.165) is 12.0 Å². The van der Waals surface area contributed by atoms with Gasteiger partial charge >= 0.3 is 6.03 Å². The molecule has 0 unspecified atom stereocenters. The summed E-state index contributed by atoms with van der Waals surface area (Å²) in [6.07, 6.45) is 1.12. The van der Waals surface area contributed by atoms with Gasteiger partial charge < -0.3 is 15.7 Å². The maximum absolute atomic E-state index is 12.0. The highest BCUT2D eigenvalue weighted by Gasteiger charge is 2.38. The second-order valence-corrected chi connectivity index (χ2v) is 6.01. The third-order valence-corrected chi connectivity index (χ3v) is 4.36. The molecule has 3 N–H and O–H groups in total. The number of urea groups is 1. The van der Waals surface area contributed by atoms with Crippen molar-refractivity contribution in [3.8, 4) is 0 Å². The zero-order chi connectivity index (χ0) is 16.1. The highest BCUT2D eigenvalue weighted by atomic mass is 16.3. The van der Waals surface area contributed by atoms with Crippen LogP contribution in [0.5, 0.6) is 0 Å². The van der Waals surface area contributed by atoms with Crippen molar-refractivity contribution in [2.45, 2.75) is 18.4 Å². The van der Waals surface area contributed by atoms with Crippen LogP contribution in [-0.2, 0) is 0 Å². The zero-order valence-corrected chi connectivity index (χ0v) is 13.0. The molecule has 1 aliphatic carbocycles. The molecule has 2 aromatic carbocycles. The van der Waals surface area contributed by atoms with Gasteiger partial charge in [-0.1, -0.05) is 60.7 Å². The maximum Gasteiger partial charge on any atom is 0.315 e. The summed E-state index contributed by atoms with van der Waals surface area (Å²) in [4.78, 5) is 12.0. The molecule has 0 aliphatic heterocycles. The van der Waals surface area contributed by atoms with Crippen LogP contribution >= 0.6 is 0 Å². The molecular formula is C19H22N2O2. The first-order valence-electron chi connectivity index (χ1n) is 8.03. The lowest BCUT2D eigenvalue weighted by Gasteiger charge is -2.17. The number of nitrogens with one attached hydrogen (secondary N) is 2. The first-order valence-corrected chi connectivity index (χ1v) is 8.03. The van der Waals surface area contributed by atoms with E-state index < -0.39 is 0 Å². The van der Waals surface area contributed by atoms with Crippen LogP contribution in [0.25, 0.3) is 0 Å². The molecule has 2 aromatic rings. The Labute approximate surface area is 136 Å². The third kappa shape index (κ3) is 4.11. The van der Waals surface area contributed by atoms with Gasteiger partial charge in [-0.3, -0.25) is 0 Å². The van der Waals surface area contributed by atoms with Gasteiger partial charge in [0.15, 0.2) is 0 Å². The lowest BCUT2D eigenvalue weighted by Crippen LogP contribution is -2.40. The highest BCUT2D eigenvalue weighted by Crippen LogP contribution is 2.46. The normalized spacial score (nSPS) is 20.6. The van der Waals surface area contributed by atoms with Crippen LogP contribution in [0.2, 0.25) is 0 Å². The predicted molar refractivity (Wildman–Crippen MR) is 90.1 cm³/mol. The minimum atomic E-state index is -0.375. The van der Waals surface area contributed by atoms with Gasteiger partial charge in [-0.05, 0) is 29.4 Å². The molecular weight excluding hydrogens is 288 g/mol. The Morgan fingerprint density at radius 3 is 2.39 bits per heavy atom. The summed E-state index contributed by atoms with van der Waals surface area (Å²) in [7, 11) is 0. The molecule has 1 aliphatic rings. The number of hydrogen-bond acceptors (Lipinski definition) is 2. The van der Waals surface area contributed by atoms with Crippen molar-refractivity contribution in [2.75, 3.05) is 13.2 Å². The van der Waals surface area contributed by atoms with E-state index in [1.54, 1.807) is 0 Å². The van der Waals surface area contributed by atoms with Crippen LogP contribution < -0.4 is 10.6 Å². The summed E-state index contributed by atoms with van der Waals surface area (Å²) >= 11 is 0. The Balaban J connectivity index is 1.45. The van der Waals surface area contributed by atoms with Gasteiger partial charge in [-0.25, -0.2) is 4.79 Å². The molecule has 0 bridgehead atoms. The van der Waals surface area contributed by atoms with Crippen LogP contribution in [0.15, 0.2) is 60.7 Å². The van der Waals surface area contributed by atoms with Crippen molar-refractivity contribution in [1.82, 2.24) is 10.6 Å². The maximum atomic E-state index is 12.0. The Bertz CT molecular complexity index is 630. The number of benzene rings is 2.